The Bertz CT molecular complexity index is 773. The number of nitrogens with zero attached hydrogens (tertiary/aromatic N) is 2. The highest BCUT2D eigenvalue weighted by Crippen LogP contribution is 2.37. The van der Waals surface area contributed by atoms with E-state index in [0.717, 1.165) is 47.3 Å². The summed E-state index contributed by atoms with van der Waals surface area (Å²) in [6.45, 7) is 4.44. The van der Waals surface area contributed by atoms with Crippen molar-refractivity contribution in [3.8, 4) is 0 Å². The summed E-state index contributed by atoms with van der Waals surface area (Å²) in [6.07, 6.45) is 8.57. The molecule has 2 saturated heterocycles. The predicted octanol–water partition coefficient (Wildman–Crippen LogP) is 5.85. The van der Waals surface area contributed by atoms with Gasteiger partial charge in [0.05, 0.1) is 5.02 Å². The van der Waals surface area contributed by atoms with Gasteiger partial charge in [-0.25, -0.2) is 0 Å². The Hall–Kier alpha value is -0.810. The van der Waals surface area contributed by atoms with Crippen molar-refractivity contribution in [2.45, 2.75) is 51.0 Å². The third-order valence-corrected chi connectivity index (χ3v) is 7.51. The van der Waals surface area contributed by atoms with Crippen molar-refractivity contribution in [2.24, 2.45) is 0 Å². The van der Waals surface area contributed by atoms with Gasteiger partial charge in [-0.3, -0.25) is 4.79 Å². The van der Waals surface area contributed by atoms with E-state index in [1.807, 2.05) is 24.3 Å². The van der Waals surface area contributed by atoms with E-state index in [1.165, 1.54) is 38.8 Å². The van der Waals surface area contributed by atoms with E-state index in [0.29, 0.717) is 11.1 Å². The van der Waals surface area contributed by atoms with Crippen LogP contribution in [0.1, 0.15) is 54.6 Å². The highest BCUT2D eigenvalue weighted by atomic mass is 35.5. The molecule has 148 valence electrons. The minimum Gasteiger partial charge on any atom is -0.335 e. The zero-order valence-electron chi connectivity index (χ0n) is 15.7. The van der Waals surface area contributed by atoms with E-state index < -0.39 is 0 Å². The molecule has 1 atom stereocenters. The van der Waals surface area contributed by atoms with Gasteiger partial charge in [0, 0.05) is 29.2 Å². The maximum Gasteiger partial charge on any atom is 0.265 e. The van der Waals surface area contributed by atoms with E-state index >= 15 is 0 Å². The van der Waals surface area contributed by atoms with E-state index in [-0.39, 0.29) is 18.3 Å². The van der Waals surface area contributed by atoms with Gasteiger partial charge in [0.15, 0.2) is 0 Å². The molecule has 3 nitrogen and oxygen atoms in total. The van der Waals surface area contributed by atoms with Crippen LogP contribution >= 0.6 is 35.3 Å². The lowest BCUT2D eigenvalue weighted by Gasteiger charge is -2.37. The first-order valence-corrected chi connectivity index (χ1v) is 11.1. The van der Waals surface area contributed by atoms with Gasteiger partial charge in [0.1, 0.15) is 4.88 Å². The van der Waals surface area contributed by atoms with Gasteiger partial charge in [-0.05, 0) is 57.7 Å². The number of benzene rings is 1. The summed E-state index contributed by atoms with van der Waals surface area (Å²) < 4.78 is 1.10. The van der Waals surface area contributed by atoms with Gasteiger partial charge in [0.2, 0.25) is 0 Å². The molecule has 3 heterocycles. The Labute approximate surface area is 177 Å². The van der Waals surface area contributed by atoms with Gasteiger partial charge < -0.3 is 9.80 Å². The molecule has 0 bridgehead atoms. The average Bonchev–Trinajstić information content (AvgIpc) is 3.04. The van der Waals surface area contributed by atoms with E-state index in [4.69, 9.17) is 11.6 Å². The molecule has 2 aliphatic rings. The number of amides is 1. The highest BCUT2D eigenvalue weighted by Gasteiger charge is 2.30. The minimum absolute atomic E-state index is 0. The summed E-state index contributed by atoms with van der Waals surface area (Å²) in [5, 5.41) is 1.64. The largest absolute Gasteiger partial charge is 0.335 e. The SMILES string of the molecule is Cl.O=C(c1sc2ccccc2c1Cl)N1CCCCC1CCN1CCCCC1. The van der Waals surface area contributed by atoms with Crippen LogP contribution in [0.3, 0.4) is 0 Å². The summed E-state index contributed by atoms with van der Waals surface area (Å²) in [7, 11) is 0. The van der Waals surface area contributed by atoms with Crippen LogP contribution in [-0.4, -0.2) is 47.9 Å². The Morgan fingerprint density at radius 1 is 1.07 bits per heavy atom. The number of hydrogen-bond donors (Lipinski definition) is 0. The molecule has 1 aromatic carbocycles. The number of hydrogen-bond acceptors (Lipinski definition) is 3. The lowest BCUT2D eigenvalue weighted by molar-refractivity contribution is 0.0584. The van der Waals surface area contributed by atoms with Gasteiger partial charge >= 0.3 is 0 Å². The van der Waals surface area contributed by atoms with Crippen molar-refractivity contribution in [1.29, 1.82) is 0 Å². The fraction of sp³-hybridized carbons (Fsp3) is 0.571. The summed E-state index contributed by atoms with van der Waals surface area (Å²) >= 11 is 8.11. The second kappa shape index (κ2) is 9.60. The third kappa shape index (κ3) is 4.61. The molecule has 2 aliphatic heterocycles. The molecule has 0 N–H and O–H groups in total. The molecule has 1 unspecified atom stereocenters. The first kappa shape index (κ1) is 20.9. The molecule has 0 saturated carbocycles. The maximum absolute atomic E-state index is 13.3. The molecule has 0 spiro atoms. The number of carbonyl (C=O) groups is 1. The van der Waals surface area contributed by atoms with Gasteiger partial charge in [-0.1, -0.05) is 36.2 Å². The van der Waals surface area contributed by atoms with Crippen molar-refractivity contribution in [2.75, 3.05) is 26.2 Å². The van der Waals surface area contributed by atoms with Crippen molar-refractivity contribution < 1.29 is 4.79 Å². The molecule has 1 aromatic heterocycles. The first-order valence-electron chi connectivity index (χ1n) is 9.94. The number of piperidine rings is 2. The van der Waals surface area contributed by atoms with Crippen molar-refractivity contribution in [3.63, 3.8) is 0 Å². The average molecular weight is 427 g/mol. The van der Waals surface area contributed by atoms with Crippen molar-refractivity contribution >= 4 is 51.3 Å². The van der Waals surface area contributed by atoms with Gasteiger partial charge in [-0.2, -0.15) is 0 Å². The number of carbonyl (C=O) groups excluding carboxylic acids is 1. The third-order valence-electron chi connectivity index (χ3n) is 5.84. The van der Waals surface area contributed by atoms with Crippen LogP contribution in [-0.2, 0) is 0 Å². The minimum atomic E-state index is 0. The highest BCUT2D eigenvalue weighted by molar-refractivity contribution is 7.21. The van der Waals surface area contributed by atoms with E-state index in [2.05, 4.69) is 9.80 Å². The second-order valence-corrected chi connectivity index (χ2v) is 9.01. The smallest absolute Gasteiger partial charge is 0.265 e. The Morgan fingerprint density at radius 3 is 2.59 bits per heavy atom. The molecule has 6 heteroatoms. The van der Waals surface area contributed by atoms with Crippen LogP contribution in [0.2, 0.25) is 5.02 Å². The summed E-state index contributed by atoms with van der Waals surface area (Å²) in [5.41, 5.74) is 0. The lowest BCUT2D eigenvalue weighted by Crippen LogP contribution is -2.45. The molecule has 4 rings (SSSR count). The Morgan fingerprint density at radius 2 is 1.81 bits per heavy atom. The molecule has 0 aliphatic carbocycles. The summed E-state index contributed by atoms with van der Waals surface area (Å²) in [5.74, 6) is 0.138. The molecular weight excluding hydrogens is 399 g/mol. The maximum atomic E-state index is 13.3. The van der Waals surface area contributed by atoms with E-state index in [9.17, 15) is 4.79 Å². The quantitative estimate of drug-likeness (QED) is 0.611. The number of fused-ring (bicyclic) bond motifs is 1. The number of halogens is 2. The standard InChI is InChI=1S/C21H27ClN2OS.ClH/c22-19-17-9-2-3-10-18(17)26-20(19)21(25)24-14-7-4-8-16(24)11-15-23-12-5-1-6-13-23;/h2-3,9-10,16H,1,4-8,11-15H2;1H. The Balaban J connectivity index is 0.00000210. The molecule has 27 heavy (non-hydrogen) atoms. The van der Waals surface area contributed by atoms with E-state index in [1.54, 1.807) is 11.3 Å². The first-order chi connectivity index (χ1) is 12.7. The molecule has 2 aromatic rings. The number of thiophene rings is 1. The molecule has 2 fully saturated rings. The fourth-order valence-electron chi connectivity index (χ4n) is 4.36. The van der Waals surface area contributed by atoms with Crippen LogP contribution in [0, 0.1) is 0 Å². The molecular formula is C21H28Cl2N2OS. The van der Waals surface area contributed by atoms with Gasteiger partial charge in [0.25, 0.3) is 5.91 Å². The van der Waals surface area contributed by atoms with Crippen molar-refractivity contribution in [3.05, 3.63) is 34.2 Å². The fourth-order valence-corrected chi connectivity index (χ4v) is 5.83. The summed E-state index contributed by atoms with van der Waals surface area (Å²) in [6, 6.07) is 8.41. The van der Waals surface area contributed by atoms with Crippen molar-refractivity contribution in [1.82, 2.24) is 9.80 Å². The van der Waals surface area contributed by atoms with Crippen LogP contribution in [0.5, 0.6) is 0 Å². The van der Waals surface area contributed by atoms with Crippen LogP contribution in [0.4, 0.5) is 0 Å². The zero-order chi connectivity index (χ0) is 17.9. The topological polar surface area (TPSA) is 23.6 Å². The molecule has 0 radical (unpaired) electrons. The van der Waals surface area contributed by atoms with Crippen LogP contribution in [0.15, 0.2) is 24.3 Å². The normalized spacial score (nSPS) is 21.2. The lowest BCUT2D eigenvalue weighted by atomic mass is 9.98. The molecule has 1 amide bonds. The second-order valence-electron chi connectivity index (χ2n) is 7.58. The predicted molar refractivity (Wildman–Crippen MR) is 118 cm³/mol. The zero-order valence-corrected chi connectivity index (χ0v) is 18.1. The Kier molecular flexibility index (Phi) is 7.43. The number of rotatable bonds is 4. The monoisotopic (exact) mass is 426 g/mol. The van der Waals surface area contributed by atoms with Gasteiger partial charge in [-0.15, -0.1) is 23.7 Å². The summed E-state index contributed by atoms with van der Waals surface area (Å²) in [4.78, 5) is 18.7. The van der Waals surface area contributed by atoms with Crippen LogP contribution < -0.4 is 0 Å². The number of likely N-dealkylation sites (tertiary alicyclic amines) is 2. The van der Waals surface area contributed by atoms with Crippen LogP contribution in [0.25, 0.3) is 10.1 Å².